The van der Waals surface area contributed by atoms with Gasteiger partial charge in [-0.2, -0.15) is 13.2 Å². The van der Waals surface area contributed by atoms with Gasteiger partial charge in [0.05, 0.1) is 21.1 Å². The van der Waals surface area contributed by atoms with Crippen molar-refractivity contribution in [1.29, 1.82) is 0 Å². The predicted molar refractivity (Wildman–Crippen MR) is 75.3 cm³/mol. The summed E-state index contributed by atoms with van der Waals surface area (Å²) in [5.41, 5.74) is -1.93. The van der Waals surface area contributed by atoms with Crippen molar-refractivity contribution in [2.45, 2.75) is 11.1 Å². The van der Waals surface area contributed by atoms with E-state index >= 15 is 0 Å². The van der Waals surface area contributed by atoms with E-state index in [9.17, 15) is 31.7 Å². The number of hydrogen-bond acceptors (Lipinski definition) is 4. The van der Waals surface area contributed by atoms with Crippen LogP contribution in [0.5, 0.6) is 0 Å². The summed E-state index contributed by atoms with van der Waals surface area (Å²) in [6.45, 7) is 0. The summed E-state index contributed by atoms with van der Waals surface area (Å²) in [5.74, 6) is 0. The van der Waals surface area contributed by atoms with Crippen molar-refractivity contribution < 1.29 is 26.5 Å². The highest BCUT2D eigenvalue weighted by atomic mass is 32.2. The van der Waals surface area contributed by atoms with Crippen molar-refractivity contribution in [3.63, 3.8) is 0 Å². The van der Waals surface area contributed by atoms with E-state index in [1.54, 1.807) is 0 Å². The lowest BCUT2D eigenvalue weighted by atomic mass is 10.2. The number of non-ortho nitro benzene ring substituents is 1. The predicted octanol–water partition coefficient (Wildman–Crippen LogP) is 3.41. The van der Waals surface area contributed by atoms with Gasteiger partial charge in [0.15, 0.2) is 0 Å². The number of sulfonamides is 1. The molecule has 6 nitrogen and oxygen atoms in total. The second-order valence-corrected chi connectivity index (χ2v) is 6.06. The fourth-order valence-electron chi connectivity index (χ4n) is 1.83. The molecule has 10 heteroatoms. The van der Waals surface area contributed by atoms with E-state index in [-0.39, 0.29) is 5.69 Å². The van der Waals surface area contributed by atoms with Crippen LogP contribution in [-0.4, -0.2) is 13.3 Å². The minimum absolute atomic E-state index is 0.212. The molecule has 2 aromatic rings. The molecule has 1 N–H and O–H groups in total. The highest BCUT2D eigenvalue weighted by molar-refractivity contribution is 7.92. The summed E-state index contributed by atoms with van der Waals surface area (Å²) in [4.78, 5) is 8.95. The van der Waals surface area contributed by atoms with Crippen LogP contribution in [0, 0.1) is 10.1 Å². The third-order valence-corrected chi connectivity index (χ3v) is 4.23. The lowest BCUT2D eigenvalue weighted by Gasteiger charge is -2.14. The van der Waals surface area contributed by atoms with Crippen LogP contribution in [0.2, 0.25) is 0 Å². The Hall–Kier alpha value is -2.62. The molecule has 23 heavy (non-hydrogen) atoms. The molecule has 0 atom stereocenters. The van der Waals surface area contributed by atoms with Gasteiger partial charge in [-0.15, -0.1) is 0 Å². The van der Waals surface area contributed by atoms with Crippen molar-refractivity contribution in [1.82, 2.24) is 0 Å². The lowest BCUT2D eigenvalue weighted by molar-refractivity contribution is -0.384. The molecule has 0 heterocycles. The average Bonchev–Trinajstić information content (AvgIpc) is 2.46. The van der Waals surface area contributed by atoms with Gasteiger partial charge in [-0.05, 0) is 18.2 Å². The average molecular weight is 346 g/mol. The number of nitrogens with zero attached hydrogens (tertiary/aromatic N) is 1. The van der Waals surface area contributed by atoms with Gasteiger partial charge >= 0.3 is 6.18 Å². The van der Waals surface area contributed by atoms with Crippen LogP contribution in [0.3, 0.4) is 0 Å². The number of rotatable bonds is 4. The van der Waals surface area contributed by atoms with Gasteiger partial charge in [-0.3, -0.25) is 14.8 Å². The second-order valence-electron chi connectivity index (χ2n) is 4.41. The molecular weight excluding hydrogens is 337 g/mol. The van der Waals surface area contributed by atoms with Crippen molar-refractivity contribution in [3.05, 3.63) is 64.2 Å². The van der Waals surface area contributed by atoms with Gasteiger partial charge in [-0.25, -0.2) is 8.42 Å². The molecule has 0 aliphatic heterocycles. The number of nitrogens with one attached hydrogen (secondary N) is 1. The maximum Gasteiger partial charge on any atom is 0.417 e. The topological polar surface area (TPSA) is 89.3 Å². The largest absolute Gasteiger partial charge is 0.417 e. The highest BCUT2D eigenvalue weighted by Gasteiger charge is 2.36. The molecule has 0 fully saturated rings. The van der Waals surface area contributed by atoms with E-state index in [0.717, 1.165) is 30.3 Å². The molecule has 2 aromatic carbocycles. The number of alkyl halides is 3. The molecule has 0 amide bonds. The Morgan fingerprint density at radius 3 is 2.30 bits per heavy atom. The normalized spacial score (nSPS) is 12.0. The number of hydrogen-bond donors (Lipinski definition) is 1. The van der Waals surface area contributed by atoms with Gasteiger partial charge in [-0.1, -0.05) is 18.2 Å². The minimum Gasteiger partial charge on any atom is -0.279 e. The summed E-state index contributed by atoms with van der Waals surface area (Å²) >= 11 is 0. The zero-order valence-electron chi connectivity index (χ0n) is 11.2. The van der Waals surface area contributed by atoms with E-state index in [0.29, 0.717) is 6.07 Å². The van der Waals surface area contributed by atoms with Crippen molar-refractivity contribution in [2.24, 2.45) is 0 Å². The molecule has 0 aromatic heterocycles. The van der Waals surface area contributed by atoms with Crippen LogP contribution in [0.25, 0.3) is 0 Å². The minimum atomic E-state index is -4.85. The first kappa shape index (κ1) is 16.7. The van der Waals surface area contributed by atoms with Crippen LogP contribution < -0.4 is 4.72 Å². The molecule has 0 unspecified atom stereocenters. The molecule has 0 aliphatic carbocycles. The Morgan fingerprint density at radius 1 is 1.04 bits per heavy atom. The molecular formula is C13H9F3N2O4S. The van der Waals surface area contributed by atoms with E-state index in [1.807, 2.05) is 4.72 Å². The van der Waals surface area contributed by atoms with Crippen LogP contribution >= 0.6 is 0 Å². The van der Waals surface area contributed by atoms with E-state index < -0.39 is 37.3 Å². The zero-order chi connectivity index (χ0) is 17.3. The fourth-order valence-corrected chi connectivity index (χ4v) is 3.11. The van der Waals surface area contributed by atoms with E-state index in [4.69, 9.17) is 0 Å². The summed E-state index contributed by atoms with van der Waals surface area (Å²) in [6.07, 6.45) is -4.85. The first-order valence-corrected chi connectivity index (χ1v) is 7.53. The number of anilines is 1. The molecule has 0 aliphatic rings. The molecule has 122 valence electrons. The summed E-state index contributed by atoms with van der Waals surface area (Å²) in [6, 6.07) is 8.11. The Balaban J connectivity index is 2.45. The van der Waals surface area contributed by atoms with Crippen molar-refractivity contribution in [2.75, 3.05) is 4.72 Å². The van der Waals surface area contributed by atoms with E-state index in [1.165, 1.54) is 12.1 Å². The Labute approximate surface area is 128 Å². The molecule has 0 bridgehead atoms. The van der Waals surface area contributed by atoms with Gasteiger partial charge in [0, 0.05) is 12.1 Å². The van der Waals surface area contributed by atoms with Crippen LogP contribution in [0.15, 0.2) is 53.4 Å². The van der Waals surface area contributed by atoms with Crippen LogP contribution in [0.4, 0.5) is 24.5 Å². The highest BCUT2D eigenvalue weighted by Crippen LogP contribution is 2.34. The molecule has 0 spiro atoms. The Kier molecular flexibility index (Phi) is 4.28. The maximum atomic E-state index is 12.9. The lowest BCUT2D eigenvalue weighted by Crippen LogP contribution is -2.18. The molecule has 0 radical (unpaired) electrons. The Morgan fingerprint density at radius 2 is 1.70 bits per heavy atom. The number of benzene rings is 2. The third kappa shape index (κ3) is 3.77. The van der Waals surface area contributed by atoms with Crippen molar-refractivity contribution >= 4 is 21.4 Å². The van der Waals surface area contributed by atoms with Gasteiger partial charge in [0.2, 0.25) is 0 Å². The van der Waals surface area contributed by atoms with Gasteiger partial charge in [0.1, 0.15) is 0 Å². The van der Waals surface area contributed by atoms with Crippen LogP contribution in [-0.2, 0) is 16.2 Å². The third-order valence-electron chi connectivity index (χ3n) is 2.79. The summed E-state index contributed by atoms with van der Waals surface area (Å²) in [7, 11) is -4.56. The summed E-state index contributed by atoms with van der Waals surface area (Å²) in [5, 5.41) is 10.7. The maximum absolute atomic E-state index is 12.9. The number of halogens is 3. The first-order valence-electron chi connectivity index (χ1n) is 6.05. The van der Waals surface area contributed by atoms with Crippen molar-refractivity contribution in [3.8, 4) is 0 Å². The van der Waals surface area contributed by atoms with E-state index in [2.05, 4.69) is 0 Å². The standard InChI is InChI=1S/C13H9F3N2O4S/c14-13(15,16)11-6-1-2-7-12(11)23(21,22)17-9-4-3-5-10(8-9)18(19)20/h1-8,17H. The summed E-state index contributed by atoms with van der Waals surface area (Å²) < 4.78 is 65.0. The second kappa shape index (κ2) is 5.88. The quantitative estimate of drug-likeness (QED) is 0.678. The monoisotopic (exact) mass is 346 g/mol. The van der Waals surface area contributed by atoms with Crippen LogP contribution in [0.1, 0.15) is 5.56 Å². The SMILES string of the molecule is O=[N+]([O-])c1cccc(NS(=O)(=O)c2ccccc2C(F)(F)F)c1. The smallest absolute Gasteiger partial charge is 0.279 e. The number of nitro groups is 1. The number of nitro benzene ring substituents is 1. The molecule has 2 rings (SSSR count). The van der Waals surface area contributed by atoms with Gasteiger partial charge in [0.25, 0.3) is 15.7 Å². The first-order chi connectivity index (χ1) is 10.6. The zero-order valence-corrected chi connectivity index (χ0v) is 12.1. The van der Waals surface area contributed by atoms with Gasteiger partial charge < -0.3 is 0 Å². The Bertz CT molecular complexity index is 850. The fraction of sp³-hybridized carbons (Fsp3) is 0.0769. The molecule has 0 saturated carbocycles. The molecule has 0 saturated heterocycles.